The van der Waals surface area contributed by atoms with Crippen molar-refractivity contribution >= 4 is 55.7 Å². The summed E-state index contributed by atoms with van der Waals surface area (Å²) in [7, 11) is 2.99. The highest BCUT2D eigenvalue weighted by molar-refractivity contribution is 7.22. The molecule has 4 aromatic rings. The molecule has 1 aliphatic heterocycles. The highest BCUT2D eigenvalue weighted by Gasteiger charge is 2.49. The first-order chi connectivity index (χ1) is 17.9. The third-order valence-electron chi connectivity index (χ3n) is 6.35. The van der Waals surface area contributed by atoms with E-state index in [1.165, 1.54) is 30.5 Å². The molecule has 1 fully saturated rings. The van der Waals surface area contributed by atoms with E-state index < -0.39 is 17.7 Å². The average molecular weight is 535 g/mol. The molecule has 0 saturated carbocycles. The smallest absolute Gasteiger partial charge is 0.301 e. The predicted molar refractivity (Wildman–Crippen MR) is 145 cm³/mol. The lowest BCUT2D eigenvalue weighted by Gasteiger charge is -2.25. The number of anilines is 1. The number of halogens is 1. The molecular weight excluding hydrogens is 512 g/mol. The quantitative estimate of drug-likeness (QED) is 0.181. The van der Waals surface area contributed by atoms with Crippen molar-refractivity contribution in [2.75, 3.05) is 19.1 Å². The van der Waals surface area contributed by atoms with Crippen LogP contribution in [-0.4, -0.2) is 36.0 Å². The minimum atomic E-state index is -1.01. The molecule has 37 heavy (non-hydrogen) atoms. The van der Waals surface area contributed by atoms with E-state index in [4.69, 9.17) is 21.1 Å². The highest BCUT2D eigenvalue weighted by atomic mass is 35.5. The van der Waals surface area contributed by atoms with Gasteiger partial charge in [-0.3, -0.25) is 14.5 Å². The van der Waals surface area contributed by atoms with Crippen LogP contribution in [0.2, 0.25) is 5.02 Å². The lowest BCUT2D eigenvalue weighted by molar-refractivity contribution is -0.132. The molecule has 1 amide bonds. The zero-order valence-electron chi connectivity index (χ0n) is 20.3. The van der Waals surface area contributed by atoms with Gasteiger partial charge in [-0.1, -0.05) is 48.1 Å². The maximum Gasteiger partial charge on any atom is 0.301 e. The van der Waals surface area contributed by atoms with Crippen molar-refractivity contribution in [1.82, 2.24) is 4.98 Å². The van der Waals surface area contributed by atoms with E-state index in [-0.39, 0.29) is 11.3 Å². The van der Waals surface area contributed by atoms with E-state index in [0.29, 0.717) is 38.3 Å². The molecule has 7 nitrogen and oxygen atoms in total. The molecule has 0 bridgehead atoms. The van der Waals surface area contributed by atoms with Crippen molar-refractivity contribution in [3.05, 3.63) is 87.9 Å². The SMILES string of the molecule is CCc1ccc2nc(N3C(=O)C(=O)C(=C(O)c4ccc(Cl)cc4)[C@@H]3c3cccc(OC)c3OC)sc2c1. The van der Waals surface area contributed by atoms with Gasteiger partial charge in [-0.05, 0) is 54.4 Å². The summed E-state index contributed by atoms with van der Waals surface area (Å²) in [5.41, 5.74) is 2.61. The molecule has 188 valence electrons. The van der Waals surface area contributed by atoms with Gasteiger partial charge in [-0.2, -0.15) is 0 Å². The number of ketones is 1. The van der Waals surface area contributed by atoms with Gasteiger partial charge in [-0.25, -0.2) is 4.98 Å². The van der Waals surface area contributed by atoms with Crippen LogP contribution < -0.4 is 14.4 Å². The molecular formula is C28H23ClN2O5S. The highest BCUT2D eigenvalue weighted by Crippen LogP contribution is 2.48. The summed E-state index contributed by atoms with van der Waals surface area (Å²) in [5, 5.41) is 12.2. The molecule has 2 heterocycles. The first-order valence-electron chi connectivity index (χ1n) is 11.5. The number of hydrogen-bond acceptors (Lipinski definition) is 7. The molecule has 1 aliphatic rings. The number of ether oxygens (including phenoxy) is 2. The summed E-state index contributed by atoms with van der Waals surface area (Å²) in [4.78, 5) is 33.1. The van der Waals surface area contributed by atoms with E-state index in [1.54, 1.807) is 42.5 Å². The molecule has 1 N–H and O–H groups in total. The van der Waals surface area contributed by atoms with E-state index in [9.17, 15) is 14.7 Å². The number of rotatable bonds is 6. The molecule has 9 heteroatoms. The topological polar surface area (TPSA) is 89.0 Å². The van der Waals surface area contributed by atoms with Crippen LogP contribution in [-0.2, 0) is 16.0 Å². The van der Waals surface area contributed by atoms with Gasteiger partial charge in [0.05, 0.1) is 30.0 Å². The van der Waals surface area contributed by atoms with Gasteiger partial charge in [0, 0.05) is 16.1 Å². The number of Topliss-reactive ketones (excluding diaryl/α,β-unsaturated/α-hetero) is 1. The molecule has 5 rings (SSSR count). The Bertz CT molecular complexity index is 1560. The Morgan fingerprint density at radius 3 is 2.51 bits per heavy atom. The third-order valence-corrected chi connectivity index (χ3v) is 7.62. The van der Waals surface area contributed by atoms with Crippen molar-refractivity contribution in [2.24, 2.45) is 0 Å². The lowest BCUT2D eigenvalue weighted by atomic mass is 9.94. The van der Waals surface area contributed by atoms with Crippen LogP contribution in [0.15, 0.2) is 66.2 Å². The second-order valence-electron chi connectivity index (χ2n) is 8.41. The number of aliphatic hydroxyl groups is 1. The second-order valence-corrected chi connectivity index (χ2v) is 9.86. The molecule has 1 atom stereocenters. The van der Waals surface area contributed by atoms with Gasteiger partial charge in [0.25, 0.3) is 5.78 Å². The Labute approximate surface area is 222 Å². The fourth-order valence-electron chi connectivity index (χ4n) is 4.49. The summed E-state index contributed by atoms with van der Waals surface area (Å²) < 4.78 is 12.0. The van der Waals surface area contributed by atoms with Crippen molar-refractivity contribution in [1.29, 1.82) is 0 Å². The maximum absolute atomic E-state index is 13.5. The number of benzene rings is 3. The van der Waals surface area contributed by atoms with E-state index >= 15 is 0 Å². The Balaban J connectivity index is 1.77. The zero-order valence-corrected chi connectivity index (χ0v) is 21.9. The Morgan fingerprint density at radius 1 is 1.08 bits per heavy atom. The predicted octanol–water partition coefficient (Wildman–Crippen LogP) is 6.16. The third kappa shape index (κ3) is 4.22. The van der Waals surface area contributed by atoms with Crippen molar-refractivity contribution < 1.29 is 24.2 Å². The largest absolute Gasteiger partial charge is 0.507 e. The molecule has 0 unspecified atom stereocenters. The van der Waals surface area contributed by atoms with Gasteiger partial charge in [0.15, 0.2) is 16.6 Å². The molecule has 3 aromatic carbocycles. The monoisotopic (exact) mass is 534 g/mol. The number of thiazole rings is 1. The van der Waals surface area contributed by atoms with Crippen molar-refractivity contribution in [2.45, 2.75) is 19.4 Å². The average Bonchev–Trinajstić information content (AvgIpc) is 3.45. The number of carbonyl (C=O) groups is 2. The maximum atomic E-state index is 13.5. The van der Waals surface area contributed by atoms with Crippen molar-refractivity contribution in [3.63, 3.8) is 0 Å². The van der Waals surface area contributed by atoms with Gasteiger partial charge in [-0.15, -0.1) is 0 Å². The van der Waals surface area contributed by atoms with E-state index in [2.05, 4.69) is 11.9 Å². The zero-order chi connectivity index (χ0) is 26.3. The van der Waals surface area contributed by atoms with E-state index in [0.717, 1.165) is 16.7 Å². The Hall–Kier alpha value is -3.88. The standard InChI is InChI=1S/C28H23ClN2O5S/c1-4-15-8-13-19-21(14-15)37-28(30-19)31-23(18-6-5-7-20(35-2)26(18)36-3)22(25(33)27(31)34)24(32)16-9-11-17(29)12-10-16/h5-14,23,32H,4H2,1-3H3/t23-/m0/s1. The number of carbonyl (C=O) groups excluding carboxylic acids is 2. The Morgan fingerprint density at radius 2 is 1.84 bits per heavy atom. The second kappa shape index (κ2) is 9.88. The number of aryl methyl sites for hydroxylation is 1. The van der Waals surface area contributed by atoms with Crippen LogP contribution >= 0.6 is 22.9 Å². The first-order valence-corrected chi connectivity index (χ1v) is 12.7. The summed E-state index contributed by atoms with van der Waals surface area (Å²) >= 11 is 7.34. The number of hydrogen-bond donors (Lipinski definition) is 1. The summed E-state index contributed by atoms with van der Waals surface area (Å²) in [5.74, 6) is -1.16. The minimum absolute atomic E-state index is 0.0765. The number of aromatic nitrogens is 1. The molecule has 1 saturated heterocycles. The molecule has 1 aromatic heterocycles. The normalized spacial score (nSPS) is 17.0. The number of aliphatic hydroxyl groups excluding tert-OH is 1. The summed E-state index contributed by atoms with van der Waals surface area (Å²) in [6, 6.07) is 16.5. The summed E-state index contributed by atoms with van der Waals surface area (Å²) in [6.45, 7) is 2.06. The van der Waals surface area contributed by atoms with Gasteiger partial charge >= 0.3 is 5.91 Å². The van der Waals surface area contributed by atoms with Gasteiger partial charge < -0.3 is 14.6 Å². The molecule has 0 spiro atoms. The fourth-order valence-corrected chi connectivity index (χ4v) is 5.68. The lowest BCUT2D eigenvalue weighted by Crippen LogP contribution is -2.29. The van der Waals surface area contributed by atoms with Gasteiger partial charge in [0.1, 0.15) is 11.8 Å². The number of methoxy groups -OCH3 is 2. The van der Waals surface area contributed by atoms with Crippen LogP contribution in [0.1, 0.15) is 29.7 Å². The van der Waals surface area contributed by atoms with Gasteiger partial charge in [0.2, 0.25) is 0 Å². The number of para-hydroxylation sites is 1. The number of nitrogens with zero attached hydrogens (tertiary/aromatic N) is 2. The fraction of sp³-hybridized carbons (Fsp3) is 0.179. The van der Waals surface area contributed by atoms with Crippen LogP contribution in [0.4, 0.5) is 5.13 Å². The number of fused-ring (bicyclic) bond motifs is 1. The summed E-state index contributed by atoms with van der Waals surface area (Å²) in [6.07, 6.45) is 0.857. The van der Waals surface area contributed by atoms with Crippen LogP contribution in [0, 0.1) is 0 Å². The van der Waals surface area contributed by atoms with Crippen LogP contribution in [0.5, 0.6) is 11.5 Å². The minimum Gasteiger partial charge on any atom is -0.507 e. The Kier molecular flexibility index (Phi) is 6.62. The van der Waals surface area contributed by atoms with E-state index in [1.807, 2.05) is 18.2 Å². The van der Waals surface area contributed by atoms with Crippen molar-refractivity contribution in [3.8, 4) is 11.5 Å². The molecule has 0 aliphatic carbocycles. The molecule has 0 radical (unpaired) electrons. The first kappa shape index (κ1) is 24.8. The van der Waals surface area contributed by atoms with Crippen LogP contribution in [0.3, 0.4) is 0 Å². The van der Waals surface area contributed by atoms with Crippen LogP contribution in [0.25, 0.3) is 16.0 Å². The number of amides is 1.